The van der Waals surface area contributed by atoms with Crippen LogP contribution in [-0.2, 0) is 4.79 Å². The fraction of sp³-hybridized carbons (Fsp3) is 0.474. The molecule has 0 radical (unpaired) electrons. The molecule has 0 aliphatic carbocycles. The molecule has 26 heavy (non-hydrogen) atoms. The Balaban J connectivity index is 1.76. The van der Waals surface area contributed by atoms with Crippen LogP contribution in [0.2, 0.25) is 0 Å². The molecule has 0 bridgehead atoms. The van der Waals surface area contributed by atoms with Gasteiger partial charge in [-0.25, -0.2) is 9.97 Å². The molecule has 1 fully saturated rings. The monoisotopic (exact) mass is 354 g/mol. The number of hydrogen-bond acceptors (Lipinski definition) is 6. The lowest BCUT2D eigenvalue weighted by Crippen LogP contribution is -2.41. The molecule has 1 N–H and O–H groups in total. The van der Waals surface area contributed by atoms with Crippen molar-refractivity contribution in [2.45, 2.75) is 25.7 Å². The zero-order chi connectivity index (χ0) is 18.5. The van der Waals surface area contributed by atoms with E-state index in [1.807, 2.05) is 19.1 Å². The first-order chi connectivity index (χ1) is 12.5. The number of nitrogens with zero attached hydrogens (tertiary/aromatic N) is 5. The first kappa shape index (κ1) is 18.3. The number of nitrogens with one attached hydrogen (secondary N) is 1. The SMILES string of the molecule is Cc1cccnc1Nc1nccnc1C1CCCN(CC(=O)N(C)C)C1. The van der Waals surface area contributed by atoms with Crippen molar-refractivity contribution in [1.82, 2.24) is 24.8 Å². The van der Waals surface area contributed by atoms with Gasteiger partial charge in [-0.1, -0.05) is 6.07 Å². The Morgan fingerprint density at radius 2 is 2.00 bits per heavy atom. The lowest BCUT2D eigenvalue weighted by molar-refractivity contribution is -0.130. The molecule has 1 aliphatic heterocycles. The van der Waals surface area contributed by atoms with Crippen molar-refractivity contribution < 1.29 is 4.79 Å². The Morgan fingerprint density at radius 1 is 1.23 bits per heavy atom. The van der Waals surface area contributed by atoms with Gasteiger partial charge in [0, 0.05) is 45.1 Å². The summed E-state index contributed by atoms with van der Waals surface area (Å²) < 4.78 is 0. The Hall–Kier alpha value is -2.54. The first-order valence-electron chi connectivity index (χ1n) is 8.96. The van der Waals surface area contributed by atoms with Crippen LogP contribution in [0.5, 0.6) is 0 Å². The number of amides is 1. The molecule has 0 spiro atoms. The lowest BCUT2D eigenvalue weighted by atomic mass is 9.94. The number of likely N-dealkylation sites (tertiary alicyclic amines) is 1. The van der Waals surface area contributed by atoms with E-state index in [9.17, 15) is 4.79 Å². The maximum atomic E-state index is 12.0. The van der Waals surface area contributed by atoms with Gasteiger partial charge in [-0.3, -0.25) is 14.7 Å². The van der Waals surface area contributed by atoms with E-state index < -0.39 is 0 Å². The predicted molar refractivity (Wildman–Crippen MR) is 101 cm³/mol. The van der Waals surface area contributed by atoms with Crippen LogP contribution in [0.15, 0.2) is 30.7 Å². The van der Waals surface area contributed by atoms with Gasteiger partial charge >= 0.3 is 0 Å². The van der Waals surface area contributed by atoms with Gasteiger partial charge in [-0.15, -0.1) is 0 Å². The van der Waals surface area contributed by atoms with Crippen molar-refractivity contribution in [3.63, 3.8) is 0 Å². The van der Waals surface area contributed by atoms with E-state index in [1.165, 1.54) is 0 Å². The van der Waals surface area contributed by atoms with E-state index in [0.29, 0.717) is 6.54 Å². The van der Waals surface area contributed by atoms with Crippen molar-refractivity contribution in [3.8, 4) is 0 Å². The second kappa shape index (κ2) is 8.23. The summed E-state index contributed by atoms with van der Waals surface area (Å²) in [6.45, 7) is 4.22. The fourth-order valence-corrected chi connectivity index (χ4v) is 3.23. The summed E-state index contributed by atoms with van der Waals surface area (Å²) in [5.74, 6) is 1.93. The third kappa shape index (κ3) is 4.35. The molecule has 1 unspecified atom stereocenters. The zero-order valence-electron chi connectivity index (χ0n) is 15.6. The van der Waals surface area contributed by atoms with Crippen molar-refractivity contribution in [1.29, 1.82) is 0 Å². The Kier molecular flexibility index (Phi) is 5.78. The van der Waals surface area contributed by atoms with Crippen molar-refractivity contribution in [2.24, 2.45) is 0 Å². The van der Waals surface area contributed by atoms with E-state index in [1.54, 1.807) is 37.6 Å². The van der Waals surface area contributed by atoms with Crippen LogP contribution in [0.25, 0.3) is 0 Å². The molecule has 7 heteroatoms. The van der Waals surface area contributed by atoms with E-state index >= 15 is 0 Å². The van der Waals surface area contributed by atoms with E-state index in [2.05, 4.69) is 25.2 Å². The zero-order valence-corrected chi connectivity index (χ0v) is 15.6. The minimum Gasteiger partial charge on any atom is -0.348 e. The third-order valence-electron chi connectivity index (χ3n) is 4.72. The number of anilines is 2. The topological polar surface area (TPSA) is 74.2 Å². The standard InChI is InChI=1S/C19H26N6O/c1-14-6-4-8-21-18(14)23-19-17(20-9-10-22-19)15-7-5-11-25(12-15)13-16(26)24(2)3/h4,6,8-10,15H,5,7,11-13H2,1-3H3,(H,21,22,23). The average Bonchev–Trinajstić information content (AvgIpc) is 2.64. The number of pyridine rings is 1. The summed E-state index contributed by atoms with van der Waals surface area (Å²) in [6.07, 6.45) is 7.28. The molecule has 3 rings (SSSR count). The molecule has 2 aromatic rings. The van der Waals surface area contributed by atoms with Crippen LogP contribution in [0.3, 0.4) is 0 Å². The maximum absolute atomic E-state index is 12.0. The van der Waals surface area contributed by atoms with Gasteiger partial charge in [0.05, 0.1) is 12.2 Å². The van der Waals surface area contributed by atoms with Gasteiger partial charge in [0.1, 0.15) is 5.82 Å². The minimum absolute atomic E-state index is 0.132. The van der Waals surface area contributed by atoms with Gasteiger partial charge in [0.25, 0.3) is 0 Å². The number of aromatic nitrogens is 3. The van der Waals surface area contributed by atoms with Crippen molar-refractivity contribution in [2.75, 3.05) is 39.0 Å². The highest BCUT2D eigenvalue weighted by molar-refractivity contribution is 5.77. The number of aryl methyl sites for hydroxylation is 1. The molecule has 2 aromatic heterocycles. The summed E-state index contributed by atoms with van der Waals surface area (Å²) in [7, 11) is 3.59. The number of likely N-dealkylation sites (N-methyl/N-ethyl adjacent to an activating group) is 1. The first-order valence-corrected chi connectivity index (χ1v) is 8.96. The molecule has 7 nitrogen and oxygen atoms in total. The summed E-state index contributed by atoms with van der Waals surface area (Å²) in [4.78, 5) is 29.4. The van der Waals surface area contributed by atoms with Gasteiger partial charge < -0.3 is 10.2 Å². The predicted octanol–water partition coefficient (Wildman–Crippen LogP) is 2.19. The summed E-state index contributed by atoms with van der Waals surface area (Å²) in [5, 5.41) is 3.33. The summed E-state index contributed by atoms with van der Waals surface area (Å²) >= 11 is 0. The minimum atomic E-state index is 0.132. The quantitative estimate of drug-likeness (QED) is 0.887. The Bertz CT molecular complexity index is 763. The molecule has 0 saturated carbocycles. The van der Waals surface area contributed by atoms with Crippen LogP contribution in [0, 0.1) is 6.92 Å². The smallest absolute Gasteiger partial charge is 0.236 e. The van der Waals surface area contributed by atoms with Crippen molar-refractivity contribution >= 4 is 17.5 Å². The Labute approximate surface area is 154 Å². The second-order valence-electron chi connectivity index (χ2n) is 6.95. The van der Waals surface area contributed by atoms with Crippen molar-refractivity contribution in [3.05, 3.63) is 42.0 Å². The van der Waals surface area contributed by atoms with Crippen LogP contribution >= 0.6 is 0 Å². The third-order valence-corrected chi connectivity index (χ3v) is 4.72. The van der Waals surface area contributed by atoms with Gasteiger partial charge in [-0.05, 0) is 37.9 Å². The molecule has 3 heterocycles. The largest absolute Gasteiger partial charge is 0.348 e. The maximum Gasteiger partial charge on any atom is 0.236 e. The summed E-state index contributed by atoms with van der Waals surface area (Å²) in [6, 6.07) is 3.93. The molecular weight excluding hydrogens is 328 g/mol. The average molecular weight is 354 g/mol. The number of piperidine rings is 1. The van der Waals surface area contributed by atoms with Crippen LogP contribution in [0.1, 0.15) is 30.0 Å². The fourth-order valence-electron chi connectivity index (χ4n) is 3.23. The van der Waals surface area contributed by atoms with Crippen LogP contribution in [0.4, 0.5) is 11.6 Å². The number of rotatable bonds is 5. The van der Waals surface area contributed by atoms with E-state index in [4.69, 9.17) is 0 Å². The van der Waals surface area contributed by atoms with Gasteiger partial charge in [-0.2, -0.15) is 0 Å². The molecule has 1 saturated heterocycles. The molecule has 1 aliphatic rings. The summed E-state index contributed by atoms with van der Waals surface area (Å²) in [5.41, 5.74) is 2.01. The number of carbonyl (C=O) groups excluding carboxylic acids is 1. The second-order valence-corrected chi connectivity index (χ2v) is 6.95. The Morgan fingerprint density at radius 3 is 2.77 bits per heavy atom. The normalized spacial score (nSPS) is 17.7. The van der Waals surface area contributed by atoms with E-state index in [-0.39, 0.29) is 11.8 Å². The van der Waals surface area contributed by atoms with Crippen LogP contribution < -0.4 is 5.32 Å². The van der Waals surface area contributed by atoms with E-state index in [0.717, 1.165) is 48.8 Å². The molecule has 138 valence electrons. The number of carbonyl (C=O) groups is 1. The molecule has 1 atom stereocenters. The number of hydrogen-bond donors (Lipinski definition) is 1. The molecule has 1 amide bonds. The lowest BCUT2D eigenvalue weighted by Gasteiger charge is -2.33. The van der Waals surface area contributed by atoms with Crippen LogP contribution in [-0.4, -0.2) is 64.4 Å². The highest BCUT2D eigenvalue weighted by atomic mass is 16.2. The highest BCUT2D eigenvalue weighted by Crippen LogP contribution is 2.30. The van der Waals surface area contributed by atoms with Gasteiger partial charge in [0.15, 0.2) is 5.82 Å². The molecule has 0 aromatic carbocycles. The van der Waals surface area contributed by atoms with Gasteiger partial charge in [0.2, 0.25) is 5.91 Å². The molecular formula is C19H26N6O. The highest BCUT2D eigenvalue weighted by Gasteiger charge is 2.26.